The van der Waals surface area contributed by atoms with Crippen molar-refractivity contribution in [3.8, 4) is 11.5 Å². The van der Waals surface area contributed by atoms with E-state index in [1.165, 1.54) is 0 Å². The molecule has 0 aromatic heterocycles. The summed E-state index contributed by atoms with van der Waals surface area (Å²) in [6.07, 6.45) is -0.563. The predicted molar refractivity (Wildman–Crippen MR) is 81.3 cm³/mol. The zero-order chi connectivity index (χ0) is 14.7. The number of rotatable bonds is 4. The molecule has 0 atom stereocenters. The molecule has 0 aliphatic heterocycles. The molecule has 2 aromatic rings. The molecule has 0 saturated heterocycles. The van der Waals surface area contributed by atoms with Gasteiger partial charge in [-0.2, -0.15) is 0 Å². The van der Waals surface area contributed by atoms with Gasteiger partial charge < -0.3 is 32.4 Å². The summed E-state index contributed by atoms with van der Waals surface area (Å²) in [6, 6.07) is 10.0. The Morgan fingerprint density at radius 3 is 1.50 bits per heavy atom. The zero-order valence-corrected chi connectivity index (χ0v) is 11.2. The van der Waals surface area contributed by atoms with Gasteiger partial charge in [-0.25, -0.2) is 0 Å². The minimum atomic E-state index is -0.563. The fraction of sp³-hybridized carbons (Fsp3) is 0.143. The number of benzene rings is 2. The van der Waals surface area contributed by atoms with Crippen LogP contribution < -0.4 is 32.4 Å². The lowest BCUT2D eigenvalue weighted by atomic mass is 10.2. The first-order valence-electron chi connectivity index (χ1n) is 6.09. The summed E-state index contributed by atoms with van der Waals surface area (Å²) >= 11 is 0. The van der Waals surface area contributed by atoms with Crippen LogP contribution in [0, 0.1) is 0 Å². The highest BCUT2D eigenvalue weighted by Crippen LogP contribution is 2.28. The molecule has 6 nitrogen and oxygen atoms in total. The van der Waals surface area contributed by atoms with Crippen LogP contribution in [-0.2, 0) is 0 Å². The van der Waals surface area contributed by atoms with E-state index in [4.69, 9.17) is 32.4 Å². The third-order valence-corrected chi connectivity index (χ3v) is 2.65. The van der Waals surface area contributed by atoms with Crippen molar-refractivity contribution in [3.63, 3.8) is 0 Å². The molecule has 0 radical (unpaired) electrons. The van der Waals surface area contributed by atoms with Gasteiger partial charge in [0.1, 0.15) is 11.5 Å². The van der Waals surface area contributed by atoms with Crippen molar-refractivity contribution in [2.24, 2.45) is 0 Å². The van der Waals surface area contributed by atoms with E-state index in [2.05, 4.69) is 0 Å². The van der Waals surface area contributed by atoms with Gasteiger partial charge in [0.2, 0.25) is 6.29 Å². The first-order valence-corrected chi connectivity index (χ1v) is 6.09. The number of anilines is 4. The van der Waals surface area contributed by atoms with Gasteiger partial charge in [0.05, 0.1) is 11.4 Å². The molecule has 0 fully saturated rings. The molecule has 2 aromatic carbocycles. The normalized spacial score (nSPS) is 10.5. The standard InChI is InChI=1S/C14H18N4O2/c1-8(19-13-4-2-9(15)6-11(13)17)20-14-5-3-10(16)7-12(14)18/h2-8H,15-18H2,1H3. The number of hydrogen-bond acceptors (Lipinski definition) is 6. The van der Waals surface area contributed by atoms with Gasteiger partial charge in [0.25, 0.3) is 0 Å². The maximum atomic E-state index is 5.81. The highest BCUT2D eigenvalue weighted by Gasteiger charge is 2.10. The van der Waals surface area contributed by atoms with Gasteiger partial charge in [0, 0.05) is 18.3 Å². The third-order valence-electron chi connectivity index (χ3n) is 2.65. The summed E-state index contributed by atoms with van der Waals surface area (Å²) < 4.78 is 11.2. The van der Waals surface area contributed by atoms with Crippen molar-refractivity contribution in [2.45, 2.75) is 13.2 Å². The monoisotopic (exact) mass is 274 g/mol. The van der Waals surface area contributed by atoms with E-state index in [-0.39, 0.29) is 0 Å². The van der Waals surface area contributed by atoms with E-state index in [1.54, 1.807) is 43.3 Å². The molecule has 8 N–H and O–H groups in total. The Morgan fingerprint density at radius 1 is 0.750 bits per heavy atom. The average Bonchev–Trinajstić information content (AvgIpc) is 2.36. The van der Waals surface area contributed by atoms with E-state index in [1.807, 2.05) is 0 Å². The minimum Gasteiger partial charge on any atom is -0.453 e. The summed E-state index contributed by atoms with van der Waals surface area (Å²) in [7, 11) is 0. The van der Waals surface area contributed by atoms with Crippen LogP contribution in [0.4, 0.5) is 22.7 Å². The van der Waals surface area contributed by atoms with Crippen LogP contribution in [0.2, 0.25) is 0 Å². The second-order valence-corrected chi connectivity index (χ2v) is 4.40. The molecular weight excluding hydrogens is 256 g/mol. The predicted octanol–water partition coefficient (Wildman–Crippen LogP) is 1.82. The lowest BCUT2D eigenvalue weighted by Crippen LogP contribution is -2.20. The van der Waals surface area contributed by atoms with Crippen LogP contribution in [0.25, 0.3) is 0 Å². The van der Waals surface area contributed by atoms with Crippen LogP contribution in [0.3, 0.4) is 0 Å². The minimum absolute atomic E-state index is 0.450. The highest BCUT2D eigenvalue weighted by atomic mass is 16.7. The molecule has 2 rings (SSSR count). The van der Waals surface area contributed by atoms with Crippen molar-refractivity contribution in [1.82, 2.24) is 0 Å². The van der Waals surface area contributed by atoms with Crippen molar-refractivity contribution in [2.75, 3.05) is 22.9 Å². The van der Waals surface area contributed by atoms with Crippen LogP contribution in [0.5, 0.6) is 11.5 Å². The molecule has 20 heavy (non-hydrogen) atoms. The molecule has 0 heterocycles. The second-order valence-electron chi connectivity index (χ2n) is 4.40. The SMILES string of the molecule is CC(Oc1ccc(N)cc1N)Oc1ccc(N)cc1N. The van der Waals surface area contributed by atoms with E-state index < -0.39 is 6.29 Å². The summed E-state index contributed by atoms with van der Waals surface area (Å²) in [5.41, 5.74) is 24.9. The number of ether oxygens (including phenoxy) is 2. The van der Waals surface area contributed by atoms with Gasteiger partial charge in [-0.1, -0.05) is 0 Å². The first kappa shape index (κ1) is 13.7. The maximum Gasteiger partial charge on any atom is 0.238 e. The molecule has 0 bridgehead atoms. The van der Waals surface area contributed by atoms with E-state index in [0.29, 0.717) is 34.2 Å². The molecule has 0 spiro atoms. The van der Waals surface area contributed by atoms with E-state index in [0.717, 1.165) is 0 Å². The summed E-state index contributed by atoms with van der Waals surface area (Å²) in [4.78, 5) is 0. The van der Waals surface area contributed by atoms with Crippen LogP contribution in [-0.4, -0.2) is 6.29 Å². The topological polar surface area (TPSA) is 123 Å². The smallest absolute Gasteiger partial charge is 0.238 e. The molecule has 0 unspecified atom stereocenters. The fourth-order valence-electron chi connectivity index (χ4n) is 1.73. The molecule has 6 heteroatoms. The van der Waals surface area contributed by atoms with Crippen molar-refractivity contribution < 1.29 is 9.47 Å². The Bertz CT molecular complexity index is 563. The summed E-state index contributed by atoms with van der Waals surface area (Å²) in [6.45, 7) is 1.74. The van der Waals surface area contributed by atoms with Gasteiger partial charge in [0.15, 0.2) is 0 Å². The number of nitrogen functional groups attached to an aromatic ring is 4. The quantitative estimate of drug-likeness (QED) is 0.498. The molecule has 0 saturated carbocycles. The second kappa shape index (κ2) is 5.48. The Labute approximate surface area is 117 Å². The molecule has 0 aliphatic carbocycles. The number of nitrogens with two attached hydrogens (primary N) is 4. The van der Waals surface area contributed by atoms with E-state index in [9.17, 15) is 0 Å². The number of hydrogen-bond donors (Lipinski definition) is 4. The Kier molecular flexibility index (Phi) is 3.74. The summed E-state index contributed by atoms with van der Waals surface area (Å²) in [5.74, 6) is 1.00. The third kappa shape index (κ3) is 3.17. The molecule has 0 amide bonds. The first-order chi connectivity index (χ1) is 9.45. The lowest BCUT2D eigenvalue weighted by molar-refractivity contribution is 0.0235. The Morgan fingerprint density at radius 2 is 1.15 bits per heavy atom. The molecule has 0 aliphatic rings. The van der Waals surface area contributed by atoms with E-state index >= 15 is 0 Å². The molecule has 106 valence electrons. The van der Waals surface area contributed by atoms with Crippen molar-refractivity contribution >= 4 is 22.7 Å². The van der Waals surface area contributed by atoms with Gasteiger partial charge in [-0.3, -0.25) is 0 Å². The fourth-order valence-corrected chi connectivity index (χ4v) is 1.73. The van der Waals surface area contributed by atoms with Gasteiger partial charge in [-0.15, -0.1) is 0 Å². The highest BCUT2D eigenvalue weighted by molar-refractivity contribution is 5.61. The largest absolute Gasteiger partial charge is 0.453 e. The van der Waals surface area contributed by atoms with Gasteiger partial charge in [-0.05, 0) is 36.4 Å². The lowest BCUT2D eigenvalue weighted by Gasteiger charge is -2.19. The van der Waals surface area contributed by atoms with Crippen molar-refractivity contribution in [1.29, 1.82) is 0 Å². The molecular formula is C14H18N4O2. The van der Waals surface area contributed by atoms with Crippen molar-refractivity contribution in [3.05, 3.63) is 36.4 Å². The van der Waals surface area contributed by atoms with Crippen LogP contribution >= 0.6 is 0 Å². The maximum absolute atomic E-state index is 5.81. The Balaban J connectivity index is 2.07. The van der Waals surface area contributed by atoms with Gasteiger partial charge >= 0.3 is 0 Å². The Hall–Kier alpha value is -2.76. The van der Waals surface area contributed by atoms with Crippen LogP contribution in [0.1, 0.15) is 6.92 Å². The van der Waals surface area contributed by atoms with Crippen LogP contribution in [0.15, 0.2) is 36.4 Å². The average molecular weight is 274 g/mol. The summed E-state index contributed by atoms with van der Waals surface area (Å²) in [5, 5.41) is 0. The zero-order valence-electron chi connectivity index (χ0n) is 11.2.